The van der Waals surface area contributed by atoms with Gasteiger partial charge in [-0.15, -0.1) is 0 Å². The summed E-state index contributed by atoms with van der Waals surface area (Å²) in [7, 11) is 1.18. The van der Waals surface area contributed by atoms with Crippen molar-refractivity contribution in [2.45, 2.75) is 32.5 Å². The monoisotopic (exact) mass is 528 g/mol. The van der Waals surface area contributed by atoms with E-state index in [0.717, 1.165) is 12.1 Å². The lowest BCUT2D eigenvalue weighted by molar-refractivity contribution is -0.138. The zero-order valence-corrected chi connectivity index (χ0v) is 20.6. The summed E-state index contributed by atoms with van der Waals surface area (Å²) in [5, 5.41) is 9.95. The number of hydrogen-bond acceptors (Lipinski definition) is 6. The fourth-order valence-corrected chi connectivity index (χ4v) is 4.00. The Kier molecular flexibility index (Phi) is 7.29. The normalized spacial score (nSPS) is 11.6. The Morgan fingerprint density at radius 1 is 1.03 bits per heavy atom. The second-order valence-corrected chi connectivity index (χ2v) is 8.54. The Labute approximate surface area is 215 Å². The van der Waals surface area contributed by atoms with Gasteiger partial charge in [-0.3, -0.25) is 4.79 Å². The summed E-state index contributed by atoms with van der Waals surface area (Å²) in [6, 6.07) is 13.5. The number of hydrogen-bond donors (Lipinski definition) is 1. The number of esters is 1. The maximum Gasteiger partial charge on any atom is 0.417 e. The third kappa shape index (κ3) is 5.56. The van der Waals surface area contributed by atoms with Gasteiger partial charge in [0.15, 0.2) is 0 Å². The number of carboxylic acids is 1. The van der Waals surface area contributed by atoms with E-state index in [4.69, 9.17) is 14.2 Å². The maximum absolute atomic E-state index is 12.8. The van der Waals surface area contributed by atoms with E-state index in [0.29, 0.717) is 28.5 Å². The molecule has 2 aromatic carbocycles. The van der Waals surface area contributed by atoms with Gasteiger partial charge in [-0.2, -0.15) is 13.2 Å². The molecule has 8 nitrogen and oxygen atoms in total. The topological polar surface area (TPSA) is 99.9 Å². The predicted octanol–water partition coefficient (Wildman–Crippen LogP) is 6.04. The van der Waals surface area contributed by atoms with Crippen LogP contribution in [0.25, 0.3) is 16.6 Å². The Balaban J connectivity index is 1.84. The smallest absolute Gasteiger partial charge is 0.417 e. The van der Waals surface area contributed by atoms with Gasteiger partial charge < -0.3 is 23.9 Å². The molecule has 4 aromatic rings. The fourth-order valence-electron chi connectivity index (χ4n) is 4.00. The molecule has 0 amide bonds. The van der Waals surface area contributed by atoms with Crippen LogP contribution in [0.4, 0.5) is 13.2 Å². The van der Waals surface area contributed by atoms with Crippen LogP contribution in [0.3, 0.4) is 0 Å². The van der Waals surface area contributed by atoms with E-state index in [1.807, 2.05) is 13.8 Å². The number of rotatable bonds is 8. The van der Waals surface area contributed by atoms with Gasteiger partial charge in [0.1, 0.15) is 11.5 Å². The first-order valence-corrected chi connectivity index (χ1v) is 11.4. The number of fused-ring (bicyclic) bond motifs is 1. The van der Waals surface area contributed by atoms with Crippen molar-refractivity contribution in [2.24, 2.45) is 0 Å². The highest BCUT2D eigenvalue weighted by atomic mass is 19.4. The van der Waals surface area contributed by atoms with Gasteiger partial charge in [0.2, 0.25) is 5.88 Å². The van der Waals surface area contributed by atoms with Crippen molar-refractivity contribution in [1.82, 2.24) is 9.55 Å². The number of aromatic nitrogens is 2. The van der Waals surface area contributed by atoms with Crippen molar-refractivity contribution < 1.29 is 42.1 Å². The van der Waals surface area contributed by atoms with Crippen molar-refractivity contribution in [3.05, 3.63) is 77.6 Å². The third-order valence-electron chi connectivity index (χ3n) is 5.50. The Morgan fingerprint density at radius 2 is 1.71 bits per heavy atom. The van der Waals surface area contributed by atoms with Crippen LogP contribution in [0.1, 0.15) is 35.5 Å². The molecule has 0 saturated carbocycles. The van der Waals surface area contributed by atoms with Gasteiger partial charge in [-0.25, -0.2) is 9.78 Å². The summed E-state index contributed by atoms with van der Waals surface area (Å²) in [4.78, 5) is 28.3. The van der Waals surface area contributed by atoms with Gasteiger partial charge in [0, 0.05) is 29.0 Å². The van der Waals surface area contributed by atoms with Crippen LogP contribution in [0.2, 0.25) is 0 Å². The van der Waals surface area contributed by atoms with E-state index < -0.39 is 30.1 Å². The van der Waals surface area contributed by atoms with E-state index in [-0.39, 0.29) is 29.0 Å². The van der Waals surface area contributed by atoms with E-state index in [1.54, 1.807) is 41.0 Å². The molecule has 11 heteroatoms. The first-order chi connectivity index (χ1) is 18.0. The lowest BCUT2D eigenvalue weighted by Crippen LogP contribution is -2.12. The molecule has 1 N–H and O–H groups in total. The average Bonchev–Trinajstić information content (AvgIpc) is 3.15. The molecule has 0 aliphatic carbocycles. The summed E-state index contributed by atoms with van der Waals surface area (Å²) in [6.45, 7) is 3.78. The Hall–Kier alpha value is -4.54. The zero-order valence-electron chi connectivity index (χ0n) is 20.6. The van der Waals surface area contributed by atoms with E-state index in [1.165, 1.54) is 13.2 Å². The van der Waals surface area contributed by atoms with Crippen LogP contribution in [-0.2, 0) is 22.1 Å². The molecule has 0 unspecified atom stereocenters. The largest absolute Gasteiger partial charge is 0.491 e. The molecule has 0 aliphatic rings. The molecule has 0 fully saturated rings. The lowest BCUT2D eigenvalue weighted by atomic mass is 10.1. The summed E-state index contributed by atoms with van der Waals surface area (Å²) in [6.07, 6.45) is -4.41. The minimum Gasteiger partial charge on any atom is -0.491 e. The summed E-state index contributed by atoms with van der Waals surface area (Å²) >= 11 is 0. The average molecular weight is 528 g/mol. The molecule has 4 rings (SSSR count). The number of halogens is 3. The van der Waals surface area contributed by atoms with Crippen LogP contribution in [0.5, 0.6) is 17.4 Å². The quantitative estimate of drug-likeness (QED) is 0.279. The number of ether oxygens (including phenoxy) is 3. The molecule has 0 atom stereocenters. The van der Waals surface area contributed by atoms with Gasteiger partial charge >= 0.3 is 18.1 Å². The fraction of sp³-hybridized carbons (Fsp3) is 0.222. The molecule has 0 saturated heterocycles. The number of methoxy groups -OCH3 is 1. The summed E-state index contributed by atoms with van der Waals surface area (Å²) < 4.78 is 56.5. The SMILES string of the molecule is COC(=O)c1c(CC(=O)O)n(-c2ccc(OC(C)C)cc2)c2ccc(Oc3ccc(C(F)(F)F)cn3)cc12. The van der Waals surface area contributed by atoms with Gasteiger partial charge in [0.25, 0.3) is 0 Å². The lowest BCUT2D eigenvalue weighted by Gasteiger charge is -2.13. The number of pyridine rings is 1. The second kappa shape index (κ2) is 10.4. The minimum atomic E-state index is -4.54. The van der Waals surface area contributed by atoms with Gasteiger partial charge in [-0.1, -0.05) is 0 Å². The molecular weight excluding hydrogens is 505 g/mol. The molecular formula is C27H23F3N2O6. The van der Waals surface area contributed by atoms with Crippen LogP contribution in [0, 0.1) is 0 Å². The standard InChI is InChI=1S/C27H23F3N2O6/c1-15(2)37-18-7-5-17(6-8-18)32-21-10-9-19(38-23-11-4-16(14-31-23)27(28,29)30)12-20(21)25(26(35)36-3)22(32)13-24(33)34/h4-12,14-15H,13H2,1-3H3,(H,33,34). The first-order valence-electron chi connectivity index (χ1n) is 11.4. The number of carboxylic acid groups (broad SMARTS) is 1. The summed E-state index contributed by atoms with van der Waals surface area (Å²) in [5.41, 5.74) is 0.357. The molecule has 0 bridgehead atoms. The second-order valence-electron chi connectivity index (χ2n) is 8.54. The predicted molar refractivity (Wildman–Crippen MR) is 131 cm³/mol. The molecule has 0 spiro atoms. The highest BCUT2D eigenvalue weighted by molar-refractivity contribution is 6.07. The number of alkyl halides is 3. The summed E-state index contributed by atoms with van der Waals surface area (Å²) in [5.74, 6) is -1.22. The molecule has 2 heterocycles. The van der Waals surface area contributed by atoms with Crippen LogP contribution in [0.15, 0.2) is 60.8 Å². The van der Waals surface area contributed by atoms with Gasteiger partial charge in [0.05, 0.1) is 36.3 Å². The number of aliphatic carboxylic acids is 1. The van der Waals surface area contributed by atoms with Crippen LogP contribution in [-0.4, -0.2) is 39.8 Å². The molecule has 38 heavy (non-hydrogen) atoms. The van der Waals surface area contributed by atoms with Crippen molar-refractivity contribution in [2.75, 3.05) is 7.11 Å². The Morgan fingerprint density at radius 3 is 2.26 bits per heavy atom. The van der Waals surface area contributed by atoms with Crippen LogP contribution >= 0.6 is 0 Å². The molecule has 198 valence electrons. The number of nitrogens with zero attached hydrogens (tertiary/aromatic N) is 2. The number of carbonyl (C=O) groups is 2. The van der Waals surface area contributed by atoms with Crippen molar-refractivity contribution in [3.63, 3.8) is 0 Å². The minimum absolute atomic E-state index is 0.0261. The first kappa shape index (κ1) is 26.5. The molecule has 0 radical (unpaired) electrons. The zero-order chi connectivity index (χ0) is 27.6. The van der Waals surface area contributed by atoms with Crippen LogP contribution < -0.4 is 9.47 Å². The van der Waals surface area contributed by atoms with Crippen molar-refractivity contribution in [3.8, 4) is 23.1 Å². The molecule has 2 aromatic heterocycles. The number of carbonyl (C=O) groups excluding carboxylic acids is 1. The van der Waals surface area contributed by atoms with Gasteiger partial charge in [-0.05, 0) is 62.4 Å². The highest BCUT2D eigenvalue weighted by Gasteiger charge is 2.31. The maximum atomic E-state index is 12.8. The van der Waals surface area contributed by atoms with Crippen molar-refractivity contribution >= 4 is 22.8 Å². The van der Waals surface area contributed by atoms with E-state index >= 15 is 0 Å². The van der Waals surface area contributed by atoms with Crippen molar-refractivity contribution in [1.29, 1.82) is 0 Å². The molecule has 0 aliphatic heterocycles. The third-order valence-corrected chi connectivity index (χ3v) is 5.50. The van der Waals surface area contributed by atoms with E-state index in [2.05, 4.69) is 4.98 Å². The highest BCUT2D eigenvalue weighted by Crippen LogP contribution is 2.35. The number of benzene rings is 2. The van der Waals surface area contributed by atoms with E-state index in [9.17, 15) is 27.9 Å². The Bertz CT molecular complexity index is 1480.